The Labute approximate surface area is 99.8 Å². The van der Waals surface area contributed by atoms with E-state index in [1.54, 1.807) is 12.1 Å². The van der Waals surface area contributed by atoms with Crippen LogP contribution in [0.1, 0.15) is 30.3 Å². The third-order valence-electron chi connectivity index (χ3n) is 2.99. The molecule has 2 N–H and O–H groups in total. The first kappa shape index (κ1) is 11.9. The van der Waals surface area contributed by atoms with Crippen molar-refractivity contribution in [3.05, 3.63) is 23.9 Å². The van der Waals surface area contributed by atoms with Gasteiger partial charge in [0.1, 0.15) is 5.82 Å². The minimum absolute atomic E-state index is 0.0608. The quantitative estimate of drug-likeness (QED) is 0.836. The lowest BCUT2D eigenvalue weighted by molar-refractivity contribution is 0.0653. The highest BCUT2D eigenvalue weighted by atomic mass is 16.5. The van der Waals surface area contributed by atoms with Crippen LogP contribution >= 0.6 is 0 Å². The van der Waals surface area contributed by atoms with Gasteiger partial charge in [0.05, 0.1) is 0 Å². The molecule has 1 saturated heterocycles. The monoisotopic (exact) mass is 236 g/mol. The second-order valence-corrected chi connectivity index (χ2v) is 4.51. The summed E-state index contributed by atoms with van der Waals surface area (Å²) in [6, 6.07) is 4.97. The lowest BCUT2D eigenvalue weighted by atomic mass is 9.92. The third kappa shape index (κ3) is 2.94. The maximum atomic E-state index is 10.8. The molecule has 2 rings (SSSR count). The molecule has 1 fully saturated rings. The summed E-state index contributed by atoms with van der Waals surface area (Å²) in [6.07, 6.45) is 1.79. The third-order valence-corrected chi connectivity index (χ3v) is 2.99. The first-order valence-corrected chi connectivity index (χ1v) is 5.65. The van der Waals surface area contributed by atoms with E-state index in [1.807, 2.05) is 0 Å². The van der Waals surface area contributed by atoms with Crippen LogP contribution in [0.15, 0.2) is 18.2 Å². The minimum Gasteiger partial charge on any atom is -0.477 e. The average Bonchev–Trinajstić information content (AvgIpc) is 2.29. The van der Waals surface area contributed by atoms with Gasteiger partial charge in [0, 0.05) is 18.8 Å². The van der Waals surface area contributed by atoms with Crippen molar-refractivity contribution in [2.24, 2.45) is 0 Å². The first-order chi connectivity index (χ1) is 8.09. The number of ether oxygens (including phenoxy) is 1. The summed E-state index contributed by atoms with van der Waals surface area (Å²) in [6.45, 7) is 3.55. The molecule has 0 spiro atoms. The van der Waals surface area contributed by atoms with E-state index in [0.717, 1.165) is 26.1 Å². The topological polar surface area (TPSA) is 71.5 Å². The molecule has 1 aromatic heterocycles. The van der Waals surface area contributed by atoms with Crippen LogP contribution in [0.4, 0.5) is 5.82 Å². The van der Waals surface area contributed by atoms with Crippen molar-refractivity contribution in [1.29, 1.82) is 0 Å². The Bertz CT molecular complexity index is 414. The lowest BCUT2D eigenvalue weighted by Crippen LogP contribution is -2.40. The predicted octanol–water partition coefficient (Wildman–Crippen LogP) is 1.76. The van der Waals surface area contributed by atoms with E-state index >= 15 is 0 Å². The molecule has 0 aromatic carbocycles. The number of carboxylic acid groups (broad SMARTS) is 1. The molecule has 5 nitrogen and oxygen atoms in total. The van der Waals surface area contributed by atoms with Crippen LogP contribution in [-0.4, -0.2) is 34.8 Å². The molecule has 0 aliphatic carbocycles. The number of pyridine rings is 1. The van der Waals surface area contributed by atoms with Gasteiger partial charge in [-0.3, -0.25) is 0 Å². The van der Waals surface area contributed by atoms with Gasteiger partial charge in [-0.1, -0.05) is 6.07 Å². The van der Waals surface area contributed by atoms with Gasteiger partial charge in [0.2, 0.25) is 0 Å². The average molecular weight is 236 g/mol. The maximum Gasteiger partial charge on any atom is 0.354 e. The maximum absolute atomic E-state index is 10.8. The normalized spacial score (nSPS) is 18.6. The van der Waals surface area contributed by atoms with Crippen molar-refractivity contribution in [2.75, 3.05) is 18.5 Å². The molecular weight excluding hydrogens is 220 g/mol. The van der Waals surface area contributed by atoms with Gasteiger partial charge in [-0.25, -0.2) is 9.78 Å². The zero-order valence-electron chi connectivity index (χ0n) is 9.77. The van der Waals surface area contributed by atoms with Crippen LogP contribution in [0.2, 0.25) is 0 Å². The standard InChI is InChI=1S/C12H16N2O3/c1-12(5-7-17-8-6-12)14-10-4-2-3-9(13-10)11(15)16/h2-4H,5-8H2,1H3,(H,13,14)(H,15,16). The summed E-state index contributed by atoms with van der Waals surface area (Å²) < 4.78 is 5.31. The van der Waals surface area contributed by atoms with Crippen LogP contribution in [0.3, 0.4) is 0 Å². The summed E-state index contributed by atoms with van der Waals surface area (Å²) in [5.41, 5.74) is -0.00629. The number of hydrogen-bond acceptors (Lipinski definition) is 4. The number of carboxylic acids is 1. The molecule has 0 bridgehead atoms. The minimum atomic E-state index is -1.01. The van der Waals surface area contributed by atoms with E-state index in [2.05, 4.69) is 17.2 Å². The van der Waals surface area contributed by atoms with Crippen molar-refractivity contribution >= 4 is 11.8 Å². The van der Waals surface area contributed by atoms with E-state index in [9.17, 15) is 4.79 Å². The number of carbonyl (C=O) groups is 1. The van der Waals surface area contributed by atoms with Crippen LogP contribution in [0, 0.1) is 0 Å². The summed E-state index contributed by atoms with van der Waals surface area (Å²) in [5.74, 6) is -0.403. The highest BCUT2D eigenvalue weighted by Crippen LogP contribution is 2.24. The first-order valence-electron chi connectivity index (χ1n) is 5.65. The van der Waals surface area contributed by atoms with Gasteiger partial charge in [-0.15, -0.1) is 0 Å². The highest BCUT2D eigenvalue weighted by Gasteiger charge is 2.27. The second kappa shape index (κ2) is 4.71. The smallest absolute Gasteiger partial charge is 0.354 e. The molecule has 1 aliphatic rings. The zero-order valence-corrected chi connectivity index (χ0v) is 9.77. The largest absolute Gasteiger partial charge is 0.477 e. The number of aromatic nitrogens is 1. The molecule has 1 aliphatic heterocycles. The van der Waals surface area contributed by atoms with Gasteiger partial charge in [0.25, 0.3) is 0 Å². The van der Waals surface area contributed by atoms with Crippen molar-refractivity contribution in [3.63, 3.8) is 0 Å². The van der Waals surface area contributed by atoms with Crippen LogP contribution in [0.5, 0.6) is 0 Å². The van der Waals surface area contributed by atoms with Gasteiger partial charge in [-0.05, 0) is 31.9 Å². The van der Waals surface area contributed by atoms with Crippen molar-refractivity contribution in [1.82, 2.24) is 4.98 Å². The Kier molecular flexibility index (Phi) is 3.28. The zero-order chi connectivity index (χ0) is 12.3. The molecule has 0 unspecified atom stereocenters. The van der Waals surface area contributed by atoms with Gasteiger partial charge in [0.15, 0.2) is 5.69 Å². The van der Waals surface area contributed by atoms with E-state index in [-0.39, 0.29) is 11.2 Å². The number of nitrogens with one attached hydrogen (secondary N) is 1. The van der Waals surface area contributed by atoms with Crippen LogP contribution in [0.25, 0.3) is 0 Å². The molecule has 2 heterocycles. The predicted molar refractivity (Wildman–Crippen MR) is 63.3 cm³/mol. The van der Waals surface area contributed by atoms with Crippen molar-refractivity contribution in [3.8, 4) is 0 Å². The lowest BCUT2D eigenvalue weighted by Gasteiger charge is -2.34. The molecule has 92 valence electrons. The Morgan fingerprint density at radius 2 is 2.18 bits per heavy atom. The number of anilines is 1. The Morgan fingerprint density at radius 1 is 1.47 bits per heavy atom. The van der Waals surface area contributed by atoms with Gasteiger partial charge < -0.3 is 15.2 Å². The van der Waals surface area contributed by atoms with Crippen molar-refractivity contribution < 1.29 is 14.6 Å². The number of hydrogen-bond donors (Lipinski definition) is 2. The fraction of sp³-hybridized carbons (Fsp3) is 0.500. The summed E-state index contributed by atoms with van der Waals surface area (Å²) in [4.78, 5) is 14.9. The Balaban J connectivity index is 2.12. The van der Waals surface area contributed by atoms with Gasteiger partial charge in [-0.2, -0.15) is 0 Å². The number of rotatable bonds is 3. The molecule has 1 aromatic rings. The van der Waals surface area contributed by atoms with E-state index in [0.29, 0.717) is 5.82 Å². The van der Waals surface area contributed by atoms with E-state index in [1.165, 1.54) is 6.07 Å². The molecule has 0 saturated carbocycles. The SMILES string of the molecule is CC1(Nc2cccc(C(=O)O)n2)CCOCC1. The summed E-state index contributed by atoms with van der Waals surface area (Å²) >= 11 is 0. The Hall–Kier alpha value is -1.62. The van der Waals surface area contributed by atoms with E-state index < -0.39 is 5.97 Å². The van der Waals surface area contributed by atoms with E-state index in [4.69, 9.17) is 9.84 Å². The van der Waals surface area contributed by atoms with Crippen LogP contribution in [-0.2, 0) is 4.74 Å². The molecule has 17 heavy (non-hydrogen) atoms. The second-order valence-electron chi connectivity index (χ2n) is 4.51. The molecule has 0 radical (unpaired) electrons. The summed E-state index contributed by atoms with van der Waals surface area (Å²) in [5, 5.41) is 12.2. The molecule has 0 amide bonds. The van der Waals surface area contributed by atoms with Crippen molar-refractivity contribution in [2.45, 2.75) is 25.3 Å². The summed E-state index contributed by atoms with van der Waals surface area (Å²) in [7, 11) is 0. The molecular formula is C12H16N2O3. The fourth-order valence-corrected chi connectivity index (χ4v) is 1.88. The fourth-order valence-electron chi connectivity index (χ4n) is 1.88. The molecule has 5 heteroatoms. The van der Waals surface area contributed by atoms with Crippen LogP contribution < -0.4 is 5.32 Å². The Morgan fingerprint density at radius 3 is 2.82 bits per heavy atom. The number of nitrogens with zero attached hydrogens (tertiary/aromatic N) is 1. The molecule has 0 atom stereocenters. The van der Waals surface area contributed by atoms with Gasteiger partial charge >= 0.3 is 5.97 Å². The highest BCUT2D eigenvalue weighted by molar-refractivity contribution is 5.85. The number of aromatic carboxylic acids is 1.